The highest BCUT2D eigenvalue weighted by Crippen LogP contribution is 2.24. The van der Waals surface area contributed by atoms with Crippen molar-refractivity contribution in [3.63, 3.8) is 0 Å². The Balaban J connectivity index is 3.25. The standard InChI is InChI=1S/C7H3ClIN/c1-10-7-4-5(8)2-3-6(7)9/h2-4H. The lowest BCUT2D eigenvalue weighted by Crippen LogP contribution is -1.69. The molecular formula is C7H3ClIN. The third-order valence-electron chi connectivity index (χ3n) is 1.03. The number of hydrogen-bond donors (Lipinski definition) is 0. The summed E-state index contributed by atoms with van der Waals surface area (Å²) in [5.74, 6) is 0. The second-order valence-electron chi connectivity index (χ2n) is 1.71. The maximum absolute atomic E-state index is 6.74. The van der Waals surface area contributed by atoms with Gasteiger partial charge >= 0.3 is 0 Å². The van der Waals surface area contributed by atoms with E-state index < -0.39 is 0 Å². The lowest BCUT2D eigenvalue weighted by Gasteiger charge is -1.93. The van der Waals surface area contributed by atoms with Gasteiger partial charge in [0.2, 0.25) is 5.69 Å². The van der Waals surface area contributed by atoms with Crippen molar-refractivity contribution >= 4 is 39.9 Å². The summed E-state index contributed by atoms with van der Waals surface area (Å²) in [5.41, 5.74) is 0.619. The number of hydrogen-bond acceptors (Lipinski definition) is 0. The van der Waals surface area contributed by atoms with Crippen molar-refractivity contribution in [2.24, 2.45) is 0 Å². The first kappa shape index (κ1) is 7.83. The molecule has 0 bridgehead atoms. The molecule has 0 N–H and O–H groups in total. The molecule has 0 aliphatic rings. The van der Waals surface area contributed by atoms with E-state index in [9.17, 15) is 0 Å². The van der Waals surface area contributed by atoms with Gasteiger partial charge in [-0.2, -0.15) is 0 Å². The van der Waals surface area contributed by atoms with Crippen LogP contribution in [0.25, 0.3) is 4.85 Å². The largest absolute Gasteiger partial charge is 0.237 e. The highest BCUT2D eigenvalue weighted by molar-refractivity contribution is 14.1. The third-order valence-corrected chi connectivity index (χ3v) is 2.18. The zero-order chi connectivity index (χ0) is 7.56. The quantitative estimate of drug-likeness (QED) is 0.498. The molecule has 0 saturated heterocycles. The van der Waals surface area contributed by atoms with E-state index in [0.717, 1.165) is 3.57 Å². The Morgan fingerprint density at radius 1 is 1.50 bits per heavy atom. The van der Waals surface area contributed by atoms with Gasteiger partial charge in [0.15, 0.2) is 0 Å². The summed E-state index contributed by atoms with van der Waals surface area (Å²) >= 11 is 7.75. The lowest BCUT2D eigenvalue weighted by atomic mass is 10.3. The summed E-state index contributed by atoms with van der Waals surface area (Å²) < 4.78 is 0.942. The van der Waals surface area contributed by atoms with Crippen LogP contribution in [0.2, 0.25) is 5.02 Å². The summed E-state index contributed by atoms with van der Waals surface area (Å²) in [6.45, 7) is 6.74. The minimum atomic E-state index is 0.617. The molecule has 1 aromatic carbocycles. The van der Waals surface area contributed by atoms with E-state index in [0.29, 0.717) is 10.7 Å². The van der Waals surface area contributed by atoms with Crippen LogP contribution in [0, 0.1) is 10.1 Å². The topological polar surface area (TPSA) is 4.36 Å². The molecule has 0 aromatic heterocycles. The molecule has 0 aliphatic heterocycles. The van der Waals surface area contributed by atoms with Crippen LogP contribution in [-0.2, 0) is 0 Å². The minimum absolute atomic E-state index is 0.617. The van der Waals surface area contributed by atoms with Gasteiger partial charge < -0.3 is 0 Å². The molecule has 0 unspecified atom stereocenters. The predicted octanol–water partition coefficient (Wildman–Crippen LogP) is 3.50. The van der Waals surface area contributed by atoms with E-state index in [1.165, 1.54) is 0 Å². The smallest absolute Gasteiger partial charge is 0.201 e. The fraction of sp³-hybridized carbons (Fsp3) is 0. The molecule has 0 radical (unpaired) electrons. The van der Waals surface area contributed by atoms with E-state index in [1.807, 2.05) is 6.07 Å². The number of benzene rings is 1. The van der Waals surface area contributed by atoms with Crippen molar-refractivity contribution < 1.29 is 0 Å². The molecular weight excluding hydrogens is 260 g/mol. The van der Waals surface area contributed by atoms with Crippen LogP contribution in [0.5, 0.6) is 0 Å². The van der Waals surface area contributed by atoms with Gasteiger partial charge in [0.1, 0.15) is 0 Å². The summed E-state index contributed by atoms with van der Waals surface area (Å²) in [6, 6.07) is 5.27. The zero-order valence-corrected chi connectivity index (χ0v) is 7.85. The van der Waals surface area contributed by atoms with E-state index in [1.54, 1.807) is 12.1 Å². The van der Waals surface area contributed by atoms with Gasteiger partial charge in [0.25, 0.3) is 0 Å². The monoisotopic (exact) mass is 263 g/mol. The first-order chi connectivity index (χ1) is 4.74. The summed E-state index contributed by atoms with van der Waals surface area (Å²) in [7, 11) is 0. The molecule has 1 aromatic rings. The van der Waals surface area contributed by atoms with Crippen molar-refractivity contribution in [3.05, 3.63) is 38.2 Å². The van der Waals surface area contributed by atoms with Crippen molar-refractivity contribution in [3.8, 4) is 0 Å². The van der Waals surface area contributed by atoms with E-state index >= 15 is 0 Å². The van der Waals surface area contributed by atoms with Gasteiger partial charge in [-0.15, -0.1) is 0 Å². The normalized spacial score (nSPS) is 8.90. The molecule has 50 valence electrons. The molecule has 0 atom stereocenters. The van der Waals surface area contributed by atoms with Gasteiger partial charge in [-0.1, -0.05) is 40.3 Å². The second-order valence-corrected chi connectivity index (χ2v) is 3.31. The fourth-order valence-electron chi connectivity index (χ4n) is 0.571. The summed E-state index contributed by atoms with van der Waals surface area (Å²) in [4.78, 5) is 3.29. The fourth-order valence-corrected chi connectivity index (χ4v) is 1.19. The van der Waals surface area contributed by atoms with E-state index in [2.05, 4.69) is 27.4 Å². The SMILES string of the molecule is [C-]#[N+]c1cc(Cl)ccc1I. The number of halogens is 2. The molecule has 3 heteroatoms. The van der Waals surface area contributed by atoms with Crippen molar-refractivity contribution in [1.29, 1.82) is 0 Å². The number of nitrogens with zero attached hydrogens (tertiary/aromatic N) is 1. The van der Waals surface area contributed by atoms with Crippen LogP contribution in [0.15, 0.2) is 18.2 Å². The number of rotatable bonds is 0. The van der Waals surface area contributed by atoms with E-state index in [4.69, 9.17) is 18.2 Å². The van der Waals surface area contributed by atoms with Gasteiger partial charge in [-0.3, -0.25) is 0 Å². The van der Waals surface area contributed by atoms with E-state index in [-0.39, 0.29) is 0 Å². The van der Waals surface area contributed by atoms with Crippen molar-refractivity contribution in [1.82, 2.24) is 0 Å². The Hall–Kier alpha value is -0.270. The maximum atomic E-state index is 6.74. The predicted molar refractivity (Wildman–Crippen MR) is 50.4 cm³/mol. The lowest BCUT2D eigenvalue weighted by molar-refractivity contribution is 1.66. The molecule has 0 amide bonds. The Labute approximate surface area is 78.0 Å². The first-order valence-electron chi connectivity index (χ1n) is 2.56. The average molecular weight is 263 g/mol. The highest BCUT2D eigenvalue weighted by Gasteiger charge is 1.97. The molecule has 0 heterocycles. The van der Waals surface area contributed by atoms with Crippen LogP contribution in [0.4, 0.5) is 5.69 Å². The minimum Gasteiger partial charge on any atom is -0.237 e. The van der Waals surface area contributed by atoms with Gasteiger partial charge in [-0.05, 0) is 12.1 Å². The second kappa shape index (κ2) is 3.22. The van der Waals surface area contributed by atoms with Crippen LogP contribution in [0.3, 0.4) is 0 Å². The maximum Gasteiger partial charge on any atom is 0.201 e. The van der Waals surface area contributed by atoms with Crippen molar-refractivity contribution in [2.75, 3.05) is 0 Å². The summed E-state index contributed by atoms with van der Waals surface area (Å²) in [5, 5.41) is 0.617. The Bertz CT molecular complexity index is 290. The van der Waals surface area contributed by atoms with Gasteiger partial charge in [0, 0.05) is 8.59 Å². The van der Waals surface area contributed by atoms with Crippen molar-refractivity contribution in [2.45, 2.75) is 0 Å². The highest BCUT2D eigenvalue weighted by atomic mass is 127. The summed E-state index contributed by atoms with van der Waals surface area (Å²) in [6.07, 6.45) is 0. The molecule has 0 saturated carbocycles. The first-order valence-corrected chi connectivity index (χ1v) is 4.02. The van der Waals surface area contributed by atoms with Crippen LogP contribution >= 0.6 is 34.2 Å². The molecule has 0 spiro atoms. The van der Waals surface area contributed by atoms with Crippen LogP contribution in [0.1, 0.15) is 0 Å². The molecule has 0 fully saturated rings. The molecule has 0 aliphatic carbocycles. The van der Waals surface area contributed by atoms with Gasteiger partial charge in [-0.25, -0.2) is 4.85 Å². The third kappa shape index (κ3) is 1.61. The molecule has 1 rings (SSSR count). The zero-order valence-electron chi connectivity index (χ0n) is 4.94. The molecule has 1 nitrogen and oxygen atoms in total. The average Bonchev–Trinajstić information content (AvgIpc) is 1.94. The Kier molecular flexibility index (Phi) is 2.52. The molecule has 10 heavy (non-hydrogen) atoms. The van der Waals surface area contributed by atoms with Gasteiger partial charge in [0.05, 0.1) is 6.57 Å². The Morgan fingerprint density at radius 2 is 2.20 bits per heavy atom. The van der Waals surface area contributed by atoms with Crippen LogP contribution in [-0.4, -0.2) is 0 Å². The van der Waals surface area contributed by atoms with Crippen LogP contribution < -0.4 is 0 Å². The Morgan fingerprint density at radius 3 is 2.70 bits per heavy atom.